The van der Waals surface area contributed by atoms with Crippen molar-refractivity contribution in [3.05, 3.63) is 35.4 Å². The molecule has 1 aromatic carbocycles. The van der Waals surface area contributed by atoms with Gasteiger partial charge in [-0.3, -0.25) is 0 Å². The zero-order valence-corrected chi connectivity index (χ0v) is 12.4. The number of alkyl halides is 2. The molecular weight excluding hydrogens is 260 g/mol. The third-order valence-electron chi connectivity index (χ3n) is 3.09. The molecule has 114 valence electrons. The normalized spacial score (nSPS) is 12.8. The molecule has 20 heavy (non-hydrogen) atoms. The van der Waals surface area contributed by atoms with Crippen molar-refractivity contribution >= 4 is 0 Å². The standard InChI is InChI=1S/C16H25F2NO/c1-3-5-13-6-8-14(9-7-13)15(19-10-4-2)11-20-12-16(17)18/h6-9,15-16,19H,3-5,10-12H2,1-2H3. The summed E-state index contributed by atoms with van der Waals surface area (Å²) in [4.78, 5) is 0. The number of rotatable bonds is 10. The number of nitrogens with one attached hydrogen (secondary N) is 1. The SMILES string of the molecule is CCCNC(COCC(F)F)c1ccc(CCC)cc1. The number of aryl methyl sites for hydroxylation is 1. The minimum atomic E-state index is -2.41. The fourth-order valence-electron chi connectivity index (χ4n) is 2.07. The van der Waals surface area contributed by atoms with E-state index in [0.717, 1.165) is 31.4 Å². The summed E-state index contributed by atoms with van der Waals surface area (Å²) in [5.41, 5.74) is 2.39. The number of ether oxygens (including phenoxy) is 1. The highest BCUT2D eigenvalue weighted by atomic mass is 19.3. The number of benzene rings is 1. The Morgan fingerprint density at radius 2 is 1.75 bits per heavy atom. The smallest absolute Gasteiger partial charge is 0.261 e. The molecule has 1 aromatic rings. The predicted molar refractivity (Wildman–Crippen MR) is 78.3 cm³/mol. The second-order valence-corrected chi connectivity index (χ2v) is 4.93. The third kappa shape index (κ3) is 6.44. The highest BCUT2D eigenvalue weighted by molar-refractivity contribution is 5.25. The minimum Gasteiger partial charge on any atom is -0.374 e. The Hall–Kier alpha value is -1.00. The molecular formula is C16H25F2NO. The van der Waals surface area contributed by atoms with Crippen molar-refractivity contribution in [3.8, 4) is 0 Å². The molecule has 0 aliphatic heterocycles. The van der Waals surface area contributed by atoms with E-state index in [1.54, 1.807) is 0 Å². The van der Waals surface area contributed by atoms with Gasteiger partial charge in [-0.15, -0.1) is 0 Å². The Morgan fingerprint density at radius 3 is 2.30 bits per heavy atom. The van der Waals surface area contributed by atoms with Gasteiger partial charge in [-0.1, -0.05) is 44.5 Å². The maximum atomic E-state index is 12.1. The van der Waals surface area contributed by atoms with Gasteiger partial charge in [0.25, 0.3) is 6.43 Å². The second kappa shape index (κ2) is 9.83. The summed E-state index contributed by atoms with van der Waals surface area (Å²) in [6.07, 6.45) is 0.775. The lowest BCUT2D eigenvalue weighted by Crippen LogP contribution is -2.27. The Bertz CT molecular complexity index is 354. The van der Waals surface area contributed by atoms with Gasteiger partial charge in [-0.05, 0) is 30.5 Å². The van der Waals surface area contributed by atoms with Crippen LogP contribution in [0.15, 0.2) is 24.3 Å². The molecule has 0 saturated heterocycles. The van der Waals surface area contributed by atoms with Crippen LogP contribution in [0.4, 0.5) is 8.78 Å². The molecule has 0 radical (unpaired) electrons. The third-order valence-corrected chi connectivity index (χ3v) is 3.09. The van der Waals surface area contributed by atoms with Crippen molar-refractivity contribution in [2.75, 3.05) is 19.8 Å². The molecule has 0 spiro atoms. The molecule has 0 saturated carbocycles. The zero-order chi connectivity index (χ0) is 14.8. The van der Waals surface area contributed by atoms with E-state index >= 15 is 0 Å². The van der Waals surface area contributed by atoms with Crippen LogP contribution in [0, 0.1) is 0 Å². The average molecular weight is 285 g/mol. The first-order valence-corrected chi connectivity index (χ1v) is 7.35. The number of halogens is 2. The zero-order valence-electron chi connectivity index (χ0n) is 12.4. The van der Waals surface area contributed by atoms with Crippen molar-refractivity contribution in [1.82, 2.24) is 5.32 Å². The van der Waals surface area contributed by atoms with Gasteiger partial charge < -0.3 is 10.1 Å². The van der Waals surface area contributed by atoms with E-state index in [1.165, 1.54) is 5.56 Å². The van der Waals surface area contributed by atoms with Crippen LogP contribution in [0.3, 0.4) is 0 Å². The van der Waals surface area contributed by atoms with E-state index in [2.05, 4.69) is 43.4 Å². The van der Waals surface area contributed by atoms with Gasteiger partial charge in [0.2, 0.25) is 0 Å². The molecule has 0 aliphatic carbocycles. The van der Waals surface area contributed by atoms with Gasteiger partial charge in [-0.2, -0.15) is 0 Å². The van der Waals surface area contributed by atoms with Crippen LogP contribution >= 0.6 is 0 Å². The van der Waals surface area contributed by atoms with Crippen LogP contribution in [0.25, 0.3) is 0 Å². The monoisotopic (exact) mass is 285 g/mol. The molecule has 1 atom stereocenters. The molecule has 0 heterocycles. The van der Waals surface area contributed by atoms with Crippen LogP contribution in [-0.2, 0) is 11.2 Å². The van der Waals surface area contributed by atoms with Gasteiger partial charge >= 0.3 is 0 Å². The Kier molecular flexibility index (Phi) is 8.38. The van der Waals surface area contributed by atoms with Crippen LogP contribution < -0.4 is 5.32 Å². The highest BCUT2D eigenvalue weighted by Gasteiger charge is 2.12. The maximum absolute atomic E-state index is 12.1. The van der Waals surface area contributed by atoms with Gasteiger partial charge in [-0.25, -0.2) is 8.78 Å². The van der Waals surface area contributed by atoms with E-state index in [0.29, 0.717) is 0 Å². The molecule has 2 nitrogen and oxygen atoms in total. The van der Waals surface area contributed by atoms with E-state index in [1.807, 2.05) is 0 Å². The summed E-state index contributed by atoms with van der Waals surface area (Å²) >= 11 is 0. The summed E-state index contributed by atoms with van der Waals surface area (Å²) in [6, 6.07) is 8.30. The van der Waals surface area contributed by atoms with Crippen molar-refractivity contribution in [2.24, 2.45) is 0 Å². The molecule has 0 bridgehead atoms. The van der Waals surface area contributed by atoms with E-state index < -0.39 is 13.0 Å². The topological polar surface area (TPSA) is 21.3 Å². The van der Waals surface area contributed by atoms with Crippen molar-refractivity contribution in [3.63, 3.8) is 0 Å². The lowest BCUT2D eigenvalue weighted by molar-refractivity contribution is 0.00921. The number of hydrogen-bond acceptors (Lipinski definition) is 2. The molecule has 1 unspecified atom stereocenters. The van der Waals surface area contributed by atoms with Gasteiger partial charge in [0, 0.05) is 0 Å². The Labute approximate surface area is 120 Å². The van der Waals surface area contributed by atoms with Crippen LogP contribution in [-0.4, -0.2) is 26.2 Å². The lowest BCUT2D eigenvalue weighted by atomic mass is 10.0. The summed E-state index contributed by atoms with van der Waals surface area (Å²) < 4.78 is 29.3. The predicted octanol–water partition coefficient (Wildman–Crippen LogP) is 3.96. The quantitative estimate of drug-likeness (QED) is 0.702. The van der Waals surface area contributed by atoms with Gasteiger partial charge in [0.05, 0.1) is 12.6 Å². The first-order chi connectivity index (χ1) is 9.67. The Balaban J connectivity index is 2.60. The highest BCUT2D eigenvalue weighted by Crippen LogP contribution is 2.16. The second-order valence-electron chi connectivity index (χ2n) is 4.93. The van der Waals surface area contributed by atoms with E-state index in [9.17, 15) is 8.78 Å². The maximum Gasteiger partial charge on any atom is 0.261 e. The van der Waals surface area contributed by atoms with Crippen molar-refractivity contribution in [1.29, 1.82) is 0 Å². The molecule has 1 rings (SSSR count). The molecule has 0 fully saturated rings. The van der Waals surface area contributed by atoms with Gasteiger partial charge in [0.1, 0.15) is 6.61 Å². The summed E-state index contributed by atoms with van der Waals surface area (Å²) in [5, 5.41) is 3.34. The summed E-state index contributed by atoms with van der Waals surface area (Å²) in [5.74, 6) is 0. The molecule has 0 amide bonds. The summed E-state index contributed by atoms with van der Waals surface area (Å²) in [7, 11) is 0. The number of hydrogen-bond donors (Lipinski definition) is 1. The van der Waals surface area contributed by atoms with Gasteiger partial charge in [0.15, 0.2) is 0 Å². The van der Waals surface area contributed by atoms with Crippen molar-refractivity contribution < 1.29 is 13.5 Å². The lowest BCUT2D eigenvalue weighted by Gasteiger charge is -2.19. The fraction of sp³-hybridized carbons (Fsp3) is 0.625. The first kappa shape index (κ1) is 17.1. The molecule has 1 N–H and O–H groups in total. The van der Waals surface area contributed by atoms with Crippen LogP contribution in [0.2, 0.25) is 0 Å². The minimum absolute atomic E-state index is 0.0237. The Morgan fingerprint density at radius 1 is 1.05 bits per heavy atom. The van der Waals surface area contributed by atoms with Crippen LogP contribution in [0.5, 0.6) is 0 Å². The van der Waals surface area contributed by atoms with Crippen molar-refractivity contribution in [2.45, 2.75) is 45.6 Å². The van der Waals surface area contributed by atoms with E-state index in [-0.39, 0.29) is 12.6 Å². The van der Waals surface area contributed by atoms with E-state index in [4.69, 9.17) is 4.74 Å². The molecule has 0 aliphatic rings. The fourth-order valence-corrected chi connectivity index (χ4v) is 2.07. The average Bonchev–Trinajstić information content (AvgIpc) is 2.43. The first-order valence-electron chi connectivity index (χ1n) is 7.35. The molecule has 4 heteroatoms. The molecule has 0 aromatic heterocycles. The van der Waals surface area contributed by atoms with Crippen LogP contribution in [0.1, 0.15) is 43.9 Å². The summed E-state index contributed by atoms with van der Waals surface area (Å²) in [6.45, 7) is 4.85. The largest absolute Gasteiger partial charge is 0.374 e.